The van der Waals surface area contributed by atoms with Crippen LogP contribution in [-0.4, -0.2) is 26.9 Å². The van der Waals surface area contributed by atoms with Crippen molar-refractivity contribution in [3.63, 3.8) is 0 Å². The number of hydrogen-bond acceptors (Lipinski definition) is 3. The first kappa shape index (κ1) is 11.9. The topological polar surface area (TPSA) is 27.7 Å². The Kier molecular flexibility index (Phi) is 4.43. The van der Waals surface area contributed by atoms with Crippen molar-refractivity contribution in [1.29, 1.82) is 0 Å². The zero-order valence-corrected chi connectivity index (χ0v) is 9.74. The number of hydrogen-bond donors (Lipinski definition) is 0. The van der Waals surface area contributed by atoms with E-state index in [4.69, 9.17) is 14.2 Å². The van der Waals surface area contributed by atoms with Crippen LogP contribution in [0.3, 0.4) is 0 Å². The second-order valence-corrected chi connectivity index (χ2v) is 3.52. The van der Waals surface area contributed by atoms with Gasteiger partial charge in [0.25, 0.3) is 0 Å². The molecule has 1 rings (SSSR count). The number of benzene rings is 1. The van der Waals surface area contributed by atoms with Gasteiger partial charge in [-0.2, -0.15) is 0 Å². The van der Waals surface area contributed by atoms with Gasteiger partial charge in [-0.1, -0.05) is 6.07 Å². The molecule has 0 aliphatic rings. The fourth-order valence-corrected chi connectivity index (χ4v) is 1.37. The van der Waals surface area contributed by atoms with E-state index in [2.05, 4.69) is 0 Å². The summed E-state index contributed by atoms with van der Waals surface area (Å²) in [7, 11) is 3.32. The van der Waals surface area contributed by atoms with Gasteiger partial charge in [-0.05, 0) is 25.5 Å². The van der Waals surface area contributed by atoms with E-state index in [1.165, 1.54) is 0 Å². The maximum Gasteiger partial charge on any atom is 0.125 e. The van der Waals surface area contributed by atoms with E-state index in [-0.39, 0.29) is 6.10 Å². The van der Waals surface area contributed by atoms with Crippen LogP contribution >= 0.6 is 0 Å². The molecule has 1 atom stereocenters. The Bertz CT molecular complexity index is 310. The molecule has 0 bridgehead atoms. The van der Waals surface area contributed by atoms with Gasteiger partial charge in [0.1, 0.15) is 17.6 Å². The summed E-state index contributed by atoms with van der Waals surface area (Å²) in [5.41, 5.74) is 1.10. The molecule has 1 aromatic carbocycles. The lowest BCUT2D eigenvalue weighted by Crippen LogP contribution is -2.17. The second kappa shape index (κ2) is 5.61. The molecule has 3 heteroatoms. The normalized spacial score (nSPS) is 12.3. The predicted octanol–water partition coefficient (Wildman–Crippen LogP) is 2.42. The molecule has 0 amide bonds. The summed E-state index contributed by atoms with van der Waals surface area (Å²) in [6.07, 6.45) is 0.0439. The zero-order valence-electron chi connectivity index (χ0n) is 9.74. The van der Waals surface area contributed by atoms with Crippen LogP contribution in [0.5, 0.6) is 11.5 Å². The van der Waals surface area contributed by atoms with Crippen LogP contribution in [-0.2, 0) is 4.74 Å². The molecule has 0 aromatic heterocycles. The number of rotatable bonds is 5. The third-order valence-electron chi connectivity index (χ3n) is 2.12. The molecule has 84 valence electrons. The summed E-state index contributed by atoms with van der Waals surface area (Å²) >= 11 is 0. The average molecular weight is 210 g/mol. The molecule has 0 saturated carbocycles. The van der Waals surface area contributed by atoms with Crippen LogP contribution in [0.1, 0.15) is 12.5 Å². The minimum atomic E-state index is 0.0439. The molecule has 0 aliphatic heterocycles. The van der Waals surface area contributed by atoms with E-state index in [0.29, 0.717) is 6.61 Å². The highest BCUT2D eigenvalue weighted by Crippen LogP contribution is 2.24. The standard InChI is InChI=1S/C12H18O3/c1-9-5-6-11(7-12(9)14-4)15-10(2)8-13-3/h5-7,10H,8H2,1-4H3. The third-order valence-corrected chi connectivity index (χ3v) is 2.12. The third kappa shape index (κ3) is 3.44. The Hall–Kier alpha value is -1.22. The smallest absolute Gasteiger partial charge is 0.125 e. The van der Waals surface area contributed by atoms with Crippen LogP contribution < -0.4 is 9.47 Å². The van der Waals surface area contributed by atoms with Crippen molar-refractivity contribution < 1.29 is 14.2 Å². The molecular formula is C12H18O3. The van der Waals surface area contributed by atoms with Crippen LogP contribution in [0.25, 0.3) is 0 Å². The summed E-state index contributed by atoms with van der Waals surface area (Å²) < 4.78 is 15.9. The summed E-state index contributed by atoms with van der Waals surface area (Å²) in [6, 6.07) is 5.80. The molecule has 0 saturated heterocycles. The van der Waals surface area contributed by atoms with Crippen LogP contribution in [0.15, 0.2) is 18.2 Å². The Morgan fingerprint density at radius 2 is 2.00 bits per heavy atom. The molecule has 3 nitrogen and oxygen atoms in total. The van der Waals surface area contributed by atoms with Gasteiger partial charge in [0, 0.05) is 13.2 Å². The summed E-state index contributed by atoms with van der Waals surface area (Å²) in [6.45, 7) is 4.55. The molecule has 0 aliphatic carbocycles. The molecule has 1 unspecified atom stereocenters. The van der Waals surface area contributed by atoms with Crippen LogP contribution in [0, 0.1) is 6.92 Å². The largest absolute Gasteiger partial charge is 0.496 e. The lowest BCUT2D eigenvalue weighted by molar-refractivity contribution is 0.0919. The molecule has 1 aromatic rings. The van der Waals surface area contributed by atoms with Gasteiger partial charge in [0.15, 0.2) is 0 Å². The zero-order chi connectivity index (χ0) is 11.3. The van der Waals surface area contributed by atoms with E-state index >= 15 is 0 Å². The predicted molar refractivity (Wildman–Crippen MR) is 59.7 cm³/mol. The van der Waals surface area contributed by atoms with Gasteiger partial charge < -0.3 is 14.2 Å². The first-order valence-corrected chi connectivity index (χ1v) is 4.97. The van der Waals surface area contributed by atoms with Crippen LogP contribution in [0.2, 0.25) is 0 Å². The second-order valence-electron chi connectivity index (χ2n) is 3.52. The van der Waals surface area contributed by atoms with E-state index in [0.717, 1.165) is 17.1 Å². The molecule has 0 radical (unpaired) electrons. The highest BCUT2D eigenvalue weighted by atomic mass is 16.5. The fraction of sp³-hybridized carbons (Fsp3) is 0.500. The number of ether oxygens (including phenoxy) is 3. The summed E-state index contributed by atoms with van der Waals surface area (Å²) in [4.78, 5) is 0. The number of methoxy groups -OCH3 is 2. The van der Waals surface area contributed by atoms with Crippen molar-refractivity contribution in [1.82, 2.24) is 0 Å². The van der Waals surface area contributed by atoms with Gasteiger partial charge in [-0.15, -0.1) is 0 Å². The first-order chi connectivity index (χ1) is 7.17. The SMILES string of the molecule is COCC(C)Oc1ccc(C)c(OC)c1. The van der Waals surface area contributed by atoms with Gasteiger partial charge in [0.2, 0.25) is 0 Å². The van der Waals surface area contributed by atoms with Crippen molar-refractivity contribution in [2.75, 3.05) is 20.8 Å². The Balaban J connectivity index is 2.69. The van der Waals surface area contributed by atoms with Gasteiger partial charge in [0.05, 0.1) is 13.7 Å². The lowest BCUT2D eigenvalue weighted by Gasteiger charge is -2.15. The molecule has 0 spiro atoms. The van der Waals surface area contributed by atoms with Crippen molar-refractivity contribution in [2.45, 2.75) is 20.0 Å². The molecule has 15 heavy (non-hydrogen) atoms. The monoisotopic (exact) mass is 210 g/mol. The number of aryl methyl sites for hydroxylation is 1. The highest BCUT2D eigenvalue weighted by Gasteiger charge is 2.05. The van der Waals surface area contributed by atoms with E-state index in [9.17, 15) is 0 Å². The Morgan fingerprint density at radius 1 is 1.27 bits per heavy atom. The van der Waals surface area contributed by atoms with Crippen molar-refractivity contribution in [3.05, 3.63) is 23.8 Å². The summed E-state index contributed by atoms with van der Waals surface area (Å²) in [5, 5.41) is 0. The molecule has 0 heterocycles. The maximum absolute atomic E-state index is 5.65. The highest BCUT2D eigenvalue weighted by molar-refractivity contribution is 5.39. The molecule has 0 fully saturated rings. The molecular weight excluding hydrogens is 192 g/mol. The van der Waals surface area contributed by atoms with Crippen molar-refractivity contribution >= 4 is 0 Å². The van der Waals surface area contributed by atoms with E-state index < -0.39 is 0 Å². The Morgan fingerprint density at radius 3 is 2.60 bits per heavy atom. The minimum Gasteiger partial charge on any atom is -0.496 e. The van der Waals surface area contributed by atoms with Crippen molar-refractivity contribution in [3.8, 4) is 11.5 Å². The minimum absolute atomic E-state index is 0.0439. The fourth-order valence-electron chi connectivity index (χ4n) is 1.37. The summed E-state index contributed by atoms with van der Waals surface area (Å²) in [5.74, 6) is 1.65. The Labute approximate surface area is 91.0 Å². The van der Waals surface area contributed by atoms with Crippen molar-refractivity contribution in [2.24, 2.45) is 0 Å². The lowest BCUT2D eigenvalue weighted by atomic mass is 10.2. The van der Waals surface area contributed by atoms with E-state index in [1.807, 2.05) is 32.0 Å². The van der Waals surface area contributed by atoms with Gasteiger partial charge in [-0.3, -0.25) is 0 Å². The quantitative estimate of drug-likeness (QED) is 0.747. The van der Waals surface area contributed by atoms with Gasteiger partial charge >= 0.3 is 0 Å². The maximum atomic E-state index is 5.65. The first-order valence-electron chi connectivity index (χ1n) is 4.97. The van der Waals surface area contributed by atoms with E-state index in [1.54, 1.807) is 14.2 Å². The average Bonchev–Trinajstić information content (AvgIpc) is 2.21. The van der Waals surface area contributed by atoms with Gasteiger partial charge in [-0.25, -0.2) is 0 Å². The molecule has 0 N–H and O–H groups in total. The van der Waals surface area contributed by atoms with Crippen LogP contribution in [0.4, 0.5) is 0 Å².